The minimum absolute atomic E-state index is 0.117. The first-order valence-corrected chi connectivity index (χ1v) is 7.45. The Kier molecular flexibility index (Phi) is 3.57. The number of benzene rings is 1. The van der Waals surface area contributed by atoms with E-state index in [2.05, 4.69) is 26.1 Å². The molecule has 2 fully saturated rings. The second-order valence-corrected chi connectivity index (χ2v) is 6.29. The van der Waals surface area contributed by atoms with Gasteiger partial charge in [0.05, 0.1) is 5.69 Å². The largest absolute Gasteiger partial charge is 0.369 e. The van der Waals surface area contributed by atoms with Crippen LogP contribution in [0.5, 0.6) is 0 Å². The lowest BCUT2D eigenvalue weighted by atomic mass is 10.1. The van der Waals surface area contributed by atoms with Crippen molar-refractivity contribution in [3.63, 3.8) is 0 Å². The monoisotopic (exact) mass is 312 g/mol. The molecule has 98 valence electrons. The first kappa shape index (κ1) is 12.4. The van der Waals surface area contributed by atoms with Crippen LogP contribution in [0.4, 0.5) is 10.1 Å². The number of nitrogens with zero attached hydrogens (tertiary/aromatic N) is 1. The minimum Gasteiger partial charge on any atom is -0.369 e. The van der Waals surface area contributed by atoms with Crippen LogP contribution in [-0.2, 0) is 0 Å². The zero-order valence-corrected chi connectivity index (χ0v) is 11.9. The average Bonchev–Trinajstić information content (AvgIpc) is 3.08. The number of rotatable bonds is 4. The van der Waals surface area contributed by atoms with Crippen LogP contribution < -0.4 is 10.2 Å². The van der Waals surface area contributed by atoms with Crippen LogP contribution in [0.2, 0.25) is 0 Å². The van der Waals surface area contributed by atoms with Gasteiger partial charge in [0.15, 0.2) is 0 Å². The van der Waals surface area contributed by atoms with E-state index in [0.717, 1.165) is 42.3 Å². The zero-order valence-electron chi connectivity index (χ0n) is 10.3. The van der Waals surface area contributed by atoms with Gasteiger partial charge in [0.1, 0.15) is 5.82 Å². The van der Waals surface area contributed by atoms with Gasteiger partial charge in [-0.05, 0) is 49.9 Å². The molecule has 1 unspecified atom stereocenters. The van der Waals surface area contributed by atoms with Gasteiger partial charge < -0.3 is 10.2 Å². The highest BCUT2D eigenvalue weighted by atomic mass is 79.9. The Balaban J connectivity index is 1.61. The molecule has 0 radical (unpaired) electrons. The van der Waals surface area contributed by atoms with Crippen molar-refractivity contribution in [3.8, 4) is 0 Å². The summed E-state index contributed by atoms with van der Waals surface area (Å²) in [5.74, 6) is 0.540. The van der Waals surface area contributed by atoms with Gasteiger partial charge in [0, 0.05) is 23.6 Å². The van der Waals surface area contributed by atoms with E-state index < -0.39 is 0 Å². The van der Waals surface area contributed by atoms with E-state index in [1.807, 2.05) is 6.07 Å². The highest BCUT2D eigenvalue weighted by molar-refractivity contribution is 9.10. The van der Waals surface area contributed by atoms with Crippen LogP contribution in [0.3, 0.4) is 0 Å². The standard InChI is InChI=1S/C14H18BrFN2/c15-11-1-4-13(16)14(7-11)18-6-5-10(9-18)8-17-12-2-3-12/h1,4,7,10,12,17H,2-3,5-6,8-9H2. The molecule has 0 aromatic heterocycles. The van der Waals surface area contributed by atoms with Gasteiger partial charge >= 0.3 is 0 Å². The van der Waals surface area contributed by atoms with Gasteiger partial charge in [-0.15, -0.1) is 0 Å². The van der Waals surface area contributed by atoms with E-state index >= 15 is 0 Å². The number of nitrogens with one attached hydrogen (secondary N) is 1. The smallest absolute Gasteiger partial charge is 0.146 e. The molecule has 1 aliphatic carbocycles. The number of hydrogen-bond donors (Lipinski definition) is 1. The predicted molar refractivity (Wildman–Crippen MR) is 75.4 cm³/mol. The molecule has 18 heavy (non-hydrogen) atoms. The molecule has 2 nitrogen and oxygen atoms in total. The quantitative estimate of drug-likeness (QED) is 0.918. The third kappa shape index (κ3) is 2.86. The lowest BCUT2D eigenvalue weighted by Gasteiger charge is -2.20. The molecule has 0 bridgehead atoms. The van der Waals surface area contributed by atoms with Crippen LogP contribution in [-0.4, -0.2) is 25.7 Å². The summed E-state index contributed by atoms with van der Waals surface area (Å²) in [6.07, 6.45) is 3.82. The van der Waals surface area contributed by atoms with Crippen LogP contribution in [0.1, 0.15) is 19.3 Å². The highest BCUT2D eigenvalue weighted by Crippen LogP contribution is 2.29. The molecule has 1 heterocycles. The zero-order chi connectivity index (χ0) is 12.5. The average molecular weight is 313 g/mol. The summed E-state index contributed by atoms with van der Waals surface area (Å²) in [7, 11) is 0. The van der Waals surface area contributed by atoms with E-state index in [4.69, 9.17) is 0 Å². The normalized spacial score (nSPS) is 23.7. The van der Waals surface area contributed by atoms with Crippen molar-refractivity contribution in [2.45, 2.75) is 25.3 Å². The van der Waals surface area contributed by atoms with E-state index in [0.29, 0.717) is 5.92 Å². The molecular formula is C14H18BrFN2. The summed E-state index contributed by atoms with van der Waals surface area (Å²) in [5.41, 5.74) is 0.735. The van der Waals surface area contributed by atoms with Gasteiger partial charge in [0.2, 0.25) is 0 Å². The molecule has 3 rings (SSSR count). The van der Waals surface area contributed by atoms with E-state index in [1.54, 1.807) is 6.07 Å². The Hall–Kier alpha value is -0.610. The van der Waals surface area contributed by atoms with E-state index in [9.17, 15) is 4.39 Å². The molecule has 2 aliphatic rings. The Morgan fingerprint density at radius 2 is 2.17 bits per heavy atom. The number of anilines is 1. The van der Waals surface area contributed by atoms with Crippen molar-refractivity contribution in [1.82, 2.24) is 5.32 Å². The first-order chi connectivity index (χ1) is 8.72. The summed E-state index contributed by atoms with van der Waals surface area (Å²) >= 11 is 3.41. The SMILES string of the molecule is Fc1ccc(Br)cc1N1CCC(CNC2CC2)C1. The van der Waals surface area contributed by atoms with Crippen LogP contribution >= 0.6 is 15.9 Å². The van der Waals surface area contributed by atoms with Crippen molar-refractivity contribution in [3.05, 3.63) is 28.5 Å². The lowest BCUT2D eigenvalue weighted by molar-refractivity contribution is 0.514. The molecule has 0 amide bonds. The van der Waals surface area contributed by atoms with Crippen molar-refractivity contribution in [1.29, 1.82) is 0 Å². The van der Waals surface area contributed by atoms with Gasteiger partial charge in [-0.1, -0.05) is 15.9 Å². The first-order valence-electron chi connectivity index (χ1n) is 6.66. The minimum atomic E-state index is -0.117. The van der Waals surface area contributed by atoms with E-state index in [1.165, 1.54) is 18.9 Å². The summed E-state index contributed by atoms with van der Waals surface area (Å²) < 4.78 is 14.7. The van der Waals surface area contributed by atoms with Gasteiger partial charge in [-0.2, -0.15) is 0 Å². The van der Waals surface area contributed by atoms with Crippen molar-refractivity contribution in [2.75, 3.05) is 24.5 Å². The fourth-order valence-corrected chi connectivity index (χ4v) is 2.92. The molecular weight excluding hydrogens is 295 g/mol. The van der Waals surface area contributed by atoms with Gasteiger partial charge in [0.25, 0.3) is 0 Å². The lowest BCUT2D eigenvalue weighted by Crippen LogP contribution is -2.27. The maximum Gasteiger partial charge on any atom is 0.146 e. The topological polar surface area (TPSA) is 15.3 Å². The van der Waals surface area contributed by atoms with E-state index in [-0.39, 0.29) is 5.82 Å². The molecule has 1 aliphatic heterocycles. The Morgan fingerprint density at radius 1 is 1.33 bits per heavy atom. The van der Waals surface area contributed by atoms with Crippen LogP contribution in [0.15, 0.2) is 22.7 Å². The van der Waals surface area contributed by atoms with Gasteiger partial charge in [-0.3, -0.25) is 0 Å². The fraction of sp³-hybridized carbons (Fsp3) is 0.571. The predicted octanol–water partition coefficient (Wildman–Crippen LogP) is 3.17. The molecule has 1 N–H and O–H groups in total. The summed E-state index contributed by atoms with van der Waals surface area (Å²) in [4.78, 5) is 2.17. The van der Waals surface area contributed by atoms with Crippen molar-refractivity contribution < 1.29 is 4.39 Å². The Morgan fingerprint density at radius 3 is 2.94 bits per heavy atom. The van der Waals surface area contributed by atoms with Crippen molar-refractivity contribution >= 4 is 21.6 Å². The van der Waals surface area contributed by atoms with Crippen molar-refractivity contribution in [2.24, 2.45) is 5.92 Å². The Labute approximate surface area is 116 Å². The van der Waals surface area contributed by atoms with Crippen LogP contribution in [0.25, 0.3) is 0 Å². The molecule has 1 aromatic rings. The summed E-state index contributed by atoms with van der Waals surface area (Å²) in [6.45, 7) is 3.01. The molecule has 1 atom stereocenters. The molecule has 0 spiro atoms. The molecule has 1 saturated heterocycles. The molecule has 1 saturated carbocycles. The Bertz CT molecular complexity index is 434. The van der Waals surface area contributed by atoms with Gasteiger partial charge in [-0.25, -0.2) is 4.39 Å². The molecule has 1 aromatic carbocycles. The second-order valence-electron chi connectivity index (χ2n) is 5.38. The highest BCUT2D eigenvalue weighted by Gasteiger charge is 2.27. The molecule has 4 heteroatoms. The second kappa shape index (κ2) is 5.17. The fourth-order valence-electron chi connectivity index (χ4n) is 2.57. The number of hydrogen-bond acceptors (Lipinski definition) is 2. The third-order valence-corrected chi connectivity index (χ3v) is 4.30. The van der Waals surface area contributed by atoms with Crippen LogP contribution in [0, 0.1) is 11.7 Å². The maximum absolute atomic E-state index is 13.8. The third-order valence-electron chi connectivity index (χ3n) is 3.81. The number of halogens is 2. The summed E-state index contributed by atoms with van der Waals surface area (Å²) in [6, 6.07) is 5.93. The maximum atomic E-state index is 13.8. The summed E-state index contributed by atoms with van der Waals surface area (Å²) in [5, 5.41) is 3.57.